The minimum Gasteiger partial charge on any atom is -0.398 e. The summed E-state index contributed by atoms with van der Waals surface area (Å²) in [6.07, 6.45) is 3.97. The highest BCUT2D eigenvalue weighted by Gasteiger charge is 2.10. The van der Waals surface area contributed by atoms with Crippen LogP contribution >= 0.6 is 23.4 Å². The molecule has 1 aromatic carbocycles. The van der Waals surface area contributed by atoms with Gasteiger partial charge in [-0.3, -0.25) is 0 Å². The maximum atomic E-state index is 5.91. The molecule has 17 heavy (non-hydrogen) atoms. The van der Waals surface area contributed by atoms with Crippen molar-refractivity contribution in [3.63, 3.8) is 0 Å². The van der Waals surface area contributed by atoms with Crippen LogP contribution in [-0.4, -0.2) is 30.3 Å². The van der Waals surface area contributed by atoms with Crippen LogP contribution in [0.25, 0.3) is 0 Å². The Hall–Kier alpha value is -0.380. The molecule has 0 spiro atoms. The zero-order valence-electron chi connectivity index (χ0n) is 9.99. The number of likely N-dealkylation sites (tertiary alicyclic amines) is 1. The van der Waals surface area contributed by atoms with Gasteiger partial charge in [0.15, 0.2) is 0 Å². The van der Waals surface area contributed by atoms with Gasteiger partial charge in [0, 0.05) is 15.6 Å². The van der Waals surface area contributed by atoms with Crippen molar-refractivity contribution in [2.24, 2.45) is 0 Å². The summed E-state index contributed by atoms with van der Waals surface area (Å²) in [6.45, 7) is 3.79. The van der Waals surface area contributed by atoms with Gasteiger partial charge in [-0.2, -0.15) is 0 Å². The minimum atomic E-state index is 0.712. The van der Waals surface area contributed by atoms with E-state index in [1.807, 2.05) is 30.0 Å². The molecule has 0 saturated carbocycles. The van der Waals surface area contributed by atoms with Crippen molar-refractivity contribution in [2.75, 3.05) is 31.1 Å². The smallest absolute Gasteiger partial charge is 0.0467 e. The number of nitrogens with zero attached hydrogens (tertiary/aromatic N) is 1. The van der Waals surface area contributed by atoms with Crippen LogP contribution in [0.2, 0.25) is 5.02 Å². The molecule has 1 fully saturated rings. The summed E-state index contributed by atoms with van der Waals surface area (Å²) in [5, 5.41) is 0.712. The maximum absolute atomic E-state index is 5.91. The fourth-order valence-corrected chi connectivity index (χ4v) is 3.19. The summed E-state index contributed by atoms with van der Waals surface area (Å²) in [5.41, 5.74) is 6.71. The highest BCUT2D eigenvalue weighted by Crippen LogP contribution is 2.28. The highest BCUT2D eigenvalue weighted by atomic mass is 35.5. The molecule has 2 nitrogen and oxygen atoms in total. The van der Waals surface area contributed by atoms with Crippen molar-refractivity contribution in [3.05, 3.63) is 23.2 Å². The first-order valence-electron chi connectivity index (χ1n) is 6.16. The summed E-state index contributed by atoms with van der Waals surface area (Å²) in [7, 11) is 0. The van der Waals surface area contributed by atoms with Crippen molar-refractivity contribution in [3.8, 4) is 0 Å². The van der Waals surface area contributed by atoms with Gasteiger partial charge < -0.3 is 10.6 Å². The molecule has 1 aliphatic rings. The lowest BCUT2D eigenvalue weighted by Crippen LogP contribution is -2.20. The van der Waals surface area contributed by atoms with Gasteiger partial charge in [-0.1, -0.05) is 11.6 Å². The van der Waals surface area contributed by atoms with E-state index in [0.717, 1.165) is 16.3 Å². The van der Waals surface area contributed by atoms with Crippen LogP contribution < -0.4 is 5.73 Å². The number of rotatable bonds is 5. The van der Waals surface area contributed by atoms with Crippen molar-refractivity contribution in [1.29, 1.82) is 0 Å². The van der Waals surface area contributed by atoms with E-state index in [-0.39, 0.29) is 0 Å². The second kappa shape index (κ2) is 6.53. The standard InChI is InChI=1S/C13H19ClN2S/c14-11-4-5-13(12(15)10-11)17-9-3-8-16-6-1-2-7-16/h4-5,10H,1-3,6-9,15H2. The van der Waals surface area contributed by atoms with E-state index in [1.165, 1.54) is 38.9 Å². The lowest BCUT2D eigenvalue weighted by molar-refractivity contribution is 0.341. The molecule has 4 heteroatoms. The lowest BCUT2D eigenvalue weighted by Gasteiger charge is -2.14. The van der Waals surface area contributed by atoms with Gasteiger partial charge >= 0.3 is 0 Å². The van der Waals surface area contributed by atoms with Crippen LogP contribution in [0.15, 0.2) is 23.1 Å². The average molecular weight is 271 g/mol. The first kappa shape index (κ1) is 13.1. The quantitative estimate of drug-likeness (QED) is 0.504. The summed E-state index contributed by atoms with van der Waals surface area (Å²) >= 11 is 7.70. The Bertz CT molecular complexity index is 364. The van der Waals surface area contributed by atoms with Gasteiger partial charge in [-0.15, -0.1) is 11.8 Å². The normalized spacial score (nSPS) is 16.5. The van der Waals surface area contributed by atoms with Crippen LogP contribution in [0.4, 0.5) is 5.69 Å². The minimum absolute atomic E-state index is 0.712. The maximum Gasteiger partial charge on any atom is 0.0467 e. The van der Waals surface area contributed by atoms with Crippen molar-refractivity contribution in [1.82, 2.24) is 4.90 Å². The molecule has 0 amide bonds. The fraction of sp³-hybridized carbons (Fsp3) is 0.538. The zero-order chi connectivity index (χ0) is 12.1. The Labute approximate surface area is 113 Å². The Morgan fingerprint density at radius 3 is 2.76 bits per heavy atom. The third-order valence-corrected chi connectivity index (χ3v) is 4.46. The fourth-order valence-electron chi connectivity index (χ4n) is 2.13. The van der Waals surface area contributed by atoms with Crippen LogP contribution in [0, 0.1) is 0 Å². The number of anilines is 1. The van der Waals surface area contributed by atoms with E-state index in [1.54, 1.807) is 0 Å². The number of halogens is 1. The third kappa shape index (κ3) is 4.09. The largest absolute Gasteiger partial charge is 0.398 e. The molecule has 1 aliphatic heterocycles. The third-order valence-electron chi connectivity index (χ3n) is 3.05. The molecular weight excluding hydrogens is 252 g/mol. The van der Waals surface area contributed by atoms with E-state index in [4.69, 9.17) is 17.3 Å². The summed E-state index contributed by atoms with van der Waals surface area (Å²) in [5.74, 6) is 1.13. The molecule has 0 atom stereocenters. The molecule has 94 valence electrons. The molecule has 0 bridgehead atoms. The Morgan fingerprint density at radius 2 is 2.06 bits per heavy atom. The molecule has 1 heterocycles. The number of nitrogen functional groups attached to an aromatic ring is 1. The molecule has 2 rings (SSSR count). The second-order valence-electron chi connectivity index (χ2n) is 4.43. The average Bonchev–Trinajstić information content (AvgIpc) is 2.79. The molecule has 1 aromatic rings. The lowest BCUT2D eigenvalue weighted by atomic mass is 10.3. The molecule has 1 saturated heterocycles. The van der Waals surface area contributed by atoms with E-state index in [9.17, 15) is 0 Å². The number of nitrogens with two attached hydrogens (primary N) is 1. The number of benzene rings is 1. The molecule has 0 aliphatic carbocycles. The van der Waals surface area contributed by atoms with Gasteiger partial charge in [0.05, 0.1) is 0 Å². The predicted octanol–water partition coefficient (Wildman–Crippen LogP) is 3.50. The van der Waals surface area contributed by atoms with Crippen molar-refractivity contribution >= 4 is 29.1 Å². The monoisotopic (exact) mass is 270 g/mol. The van der Waals surface area contributed by atoms with E-state index < -0.39 is 0 Å². The van der Waals surface area contributed by atoms with Crippen LogP contribution in [-0.2, 0) is 0 Å². The topological polar surface area (TPSA) is 29.3 Å². The first-order chi connectivity index (χ1) is 8.25. The number of hydrogen-bond acceptors (Lipinski definition) is 3. The van der Waals surface area contributed by atoms with Gasteiger partial charge in [-0.25, -0.2) is 0 Å². The van der Waals surface area contributed by atoms with Gasteiger partial charge in [0.25, 0.3) is 0 Å². The van der Waals surface area contributed by atoms with Gasteiger partial charge in [0.1, 0.15) is 0 Å². The Balaban J connectivity index is 1.70. The highest BCUT2D eigenvalue weighted by molar-refractivity contribution is 7.99. The Kier molecular flexibility index (Phi) is 5.01. The van der Waals surface area contributed by atoms with Crippen LogP contribution in [0.3, 0.4) is 0 Å². The van der Waals surface area contributed by atoms with Crippen molar-refractivity contribution in [2.45, 2.75) is 24.2 Å². The van der Waals surface area contributed by atoms with Gasteiger partial charge in [-0.05, 0) is 62.8 Å². The molecule has 0 radical (unpaired) electrons. The Morgan fingerprint density at radius 1 is 1.29 bits per heavy atom. The second-order valence-corrected chi connectivity index (χ2v) is 6.01. The van der Waals surface area contributed by atoms with Crippen LogP contribution in [0.1, 0.15) is 19.3 Å². The number of thioether (sulfide) groups is 1. The van der Waals surface area contributed by atoms with E-state index >= 15 is 0 Å². The zero-order valence-corrected chi connectivity index (χ0v) is 11.6. The summed E-state index contributed by atoms with van der Waals surface area (Å²) in [6, 6.07) is 5.74. The summed E-state index contributed by atoms with van der Waals surface area (Å²) in [4.78, 5) is 3.70. The first-order valence-corrected chi connectivity index (χ1v) is 7.52. The van der Waals surface area contributed by atoms with Gasteiger partial charge in [0.2, 0.25) is 0 Å². The molecule has 0 unspecified atom stereocenters. The van der Waals surface area contributed by atoms with E-state index in [2.05, 4.69) is 4.90 Å². The number of hydrogen-bond donors (Lipinski definition) is 1. The van der Waals surface area contributed by atoms with E-state index in [0.29, 0.717) is 5.02 Å². The molecule has 2 N–H and O–H groups in total. The predicted molar refractivity (Wildman–Crippen MR) is 76.9 cm³/mol. The SMILES string of the molecule is Nc1cc(Cl)ccc1SCCCN1CCCC1. The molecule has 0 aromatic heterocycles. The van der Waals surface area contributed by atoms with Crippen LogP contribution in [0.5, 0.6) is 0 Å². The van der Waals surface area contributed by atoms with Crippen molar-refractivity contribution < 1.29 is 0 Å². The molecular formula is C13H19ClN2S. The summed E-state index contributed by atoms with van der Waals surface area (Å²) < 4.78 is 0.